The molecular weight excluding hydrogens is 454 g/mol. The van der Waals surface area contributed by atoms with Crippen LogP contribution in [0.2, 0.25) is 0 Å². The summed E-state index contributed by atoms with van der Waals surface area (Å²) in [5.41, 5.74) is 3.63. The molecule has 0 aliphatic rings. The molecule has 0 radical (unpaired) electrons. The molecule has 2 rings (SSSR count). The van der Waals surface area contributed by atoms with Crippen LogP contribution in [-0.4, -0.2) is 38.0 Å². The van der Waals surface area contributed by atoms with Gasteiger partial charge in [-0.3, -0.25) is 0 Å². The van der Waals surface area contributed by atoms with Crippen molar-refractivity contribution >= 4 is 29.9 Å². The van der Waals surface area contributed by atoms with E-state index in [1.54, 1.807) is 0 Å². The van der Waals surface area contributed by atoms with Gasteiger partial charge in [-0.25, -0.2) is 9.38 Å². The highest BCUT2D eigenvalue weighted by molar-refractivity contribution is 14.0. The zero-order valence-electron chi connectivity index (χ0n) is 16.3. The van der Waals surface area contributed by atoms with Gasteiger partial charge in [0.1, 0.15) is 5.82 Å². The smallest absolute Gasteiger partial charge is 0.191 e. The third kappa shape index (κ3) is 8.71. The first-order valence-electron chi connectivity index (χ1n) is 9.06. The summed E-state index contributed by atoms with van der Waals surface area (Å²) in [7, 11) is 4.14. The van der Waals surface area contributed by atoms with E-state index in [1.165, 1.54) is 23.3 Å². The lowest BCUT2D eigenvalue weighted by molar-refractivity contribution is 0.401. The summed E-state index contributed by atoms with van der Waals surface area (Å²) < 4.78 is 13.0. The fourth-order valence-electron chi connectivity index (χ4n) is 2.69. The van der Waals surface area contributed by atoms with Crippen molar-refractivity contribution in [2.75, 3.05) is 27.2 Å². The third-order valence-electron chi connectivity index (χ3n) is 3.98. The summed E-state index contributed by atoms with van der Waals surface area (Å²) in [5, 5.41) is 6.63. The van der Waals surface area contributed by atoms with E-state index in [1.807, 2.05) is 12.1 Å². The molecule has 6 heteroatoms. The zero-order valence-corrected chi connectivity index (χ0v) is 18.7. The molecule has 0 bridgehead atoms. The van der Waals surface area contributed by atoms with E-state index in [9.17, 15) is 4.39 Å². The second-order valence-electron chi connectivity index (χ2n) is 6.50. The van der Waals surface area contributed by atoms with Crippen LogP contribution in [0.1, 0.15) is 23.6 Å². The lowest BCUT2D eigenvalue weighted by Gasteiger charge is -2.14. The van der Waals surface area contributed by atoms with Gasteiger partial charge in [0.15, 0.2) is 5.96 Å². The molecule has 0 aliphatic carbocycles. The Bertz CT molecular complexity index is 702. The van der Waals surface area contributed by atoms with Crippen molar-refractivity contribution in [3.63, 3.8) is 0 Å². The minimum Gasteiger partial charge on any atom is -0.357 e. The van der Waals surface area contributed by atoms with Gasteiger partial charge < -0.3 is 15.5 Å². The summed E-state index contributed by atoms with van der Waals surface area (Å²) in [6.07, 6.45) is 0.821. The molecule has 148 valence electrons. The highest BCUT2D eigenvalue weighted by Crippen LogP contribution is 2.11. The Hall–Kier alpha value is -1.67. The monoisotopic (exact) mass is 484 g/mol. The molecular formula is C21H30FIN4. The number of hydrogen-bond acceptors (Lipinski definition) is 2. The highest BCUT2D eigenvalue weighted by atomic mass is 127. The molecule has 0 saturated heterocycles. The zero-order chi connectivity index (χ0) is 18.8. The molecule has 0 aliphatic heterocycles. The number of aliphatic imine (C=N–C) groups is 1. The Morgan fingerprint density at radius 1 is 1.00 bits per heavy atom. The first-order chi connectivity index (χ1) is 12.6. The number of rotatable bonds is 8. The third-order valence-corrected chi connectivity index (χ3v) is 3.98. The standard InChI is InChI=1S/C21H29FN4.HI/c1-4-23-21(24-14-13-17-9-11-20(22)12-10-17)25-15-18-7-5-6-8-19(18)16-26(2)3;/h5-12H,4,13-16H2,1-3H3,(H2,23,24,25);1H. The first-order valence-corrected chi connectivity index (χ1v) is 9.06. The van der Waals surface area contributed by atoms with Gasteiger partial charge in [-0.1, -0.05) is 36.4 Å². The minimum absolute atomic E-state index is 0. The average molecular weight is 484 g/mol. The van der Waals surface area contributed by atoms with Crippen molar-refractivity contribution in [2.45, 2.75) is 26.4 Å². The molecule has 0 atom stereocenters. The Balaban J connectivity index is 0.00000364. The fourth-order valence-corrected chi connectivity index (χ4v) is 2.69. The van der Waals surface area contributed by atoms with E-state index in [0.717, 1.165) is 37.6 Å². The van der Waals surface area contributed by atoms with Gasteiger partial charge in [0, 0.05) is 19.6 Å². The fraction of sp³-hybridized carbons (Fsp3) is 0.381. The van der Waals surface area contributed by atoms with Gasteiger partial charge >= 0.3 is 0 Å². The normalized spacial score (nSPS) is 11.2. The van der Waals surface area contributed by atoms with E-state index in [0.29, 0.717) is 6.54 Å². The molecule has 0 spiro atoms. The van der Waals surface area contributed by atoms with Gasteiger partial charge in [0.25, 0.3) is 0 Å². The molecule has 27 heavy (non-hydrogen) atoms. The lowest BCUT2D eigenvalue weighted by Crippen LogP contribution is -2.38. The van der Waals surface area contributed by atoms with Crippen LogP contribution in [0.5, 0.6) is 0 Å². The summed E-state index contributed by atoms with van der Waals surface area (Å²) in [5.74, 6) is 0.599. The molecule has 0 amide bonds. The van der Waals surface area contributed by atoms with Crippen LogP contribution in [0.3, 0.4) is 0 Å². The second-order valence-corrected chi connectivity index (χ2v) is 6.50. The summed E-state index contributed by atoms with van der Waals surface area (Å²) in [4.78, 5) is 6.87. The molecule has 0 aromatic heterocycles. The van der Waals surface area contributed by atoms with Gasteiger partial charge in [-0.2, -0.15) is 0 Å². The number of hydrogen-bond donors (Lipinski definition) is 2. The van der Waals surface area contributed by atoms with Crippen LogP contribution < -0.4 is 10.6 Å². The van der Waals surface area contributed by atoms with E-state index in [-0.39, 0.29) is 29.8 Å². The largest absolute Gasteiger partial charge is 0.357 e. The SMILES string of the molecule is CCNC(=NCc1ccccc1CN(C)C)NCCc1ccc(F)cc1.I. The van der Waals surface area contributed by atoms with Crippen LogP contribution in [0.4, 0.5) is 4.39 Å². The maximum atomic E-state index is 13.0. The molecule has 2 aromatic rings. The molecule has 0 heterocycles. The van der Waals surface area contributed by atoms with Gasteiger partial charge in [0.05, 0.1) is 6.54 Å². The van der Waals surface area contributed by atoms with E-state index in [4.69, 9.17) is 4.99 Å². The molecule has 0 saturated carbocycles. The lowest BCUT2D eigenvalue weighted by atomic mass is 10.1. The molecule has 0 unspecified atom stereocenters. The number of nitrogens with one attached hydrogen (secondary N) is 2. The number of halogens is 2. The maximum absolute atomic E-state index is 13.0. The van der Waals surface area contributed by atoms with Gasteiger partial charge in [0.2, 0.25) is 0 Å². The average Bonchev–Trinajstić information content (AvgIpc) is 2.62. The van der Waals surface area contributed by atoms with Crippen molar-refractivity contribution in [1.82, 2.24) is 15.5 Å². The first kappa shape index (κ1) is 23.4. The Labute approximate surface area is 179 Å². The number of benzene rings is 2. The maximum Gasteiger partial charge on any atom is 0.191 e. The predicted octanol–water partition coefficient (Wildman–Crippen LogP) is 3.80. The molecule has 2 N–H and O–H groups in total. The van der Waals surface area contributed by atoms with Crippen molar-refractivity contribution in [1.29, 1.82) is 0 Å². The number of nitrogens with zero attached hydrogens (tertiary/aromatic N) is 2. The Morgan fingerprint density at radius 2 is 1.67 bits per heavy atom. The van der Waals surface area contributed by atoms with Gasteiger partial charge in [-0.15, -0.1) is 24.0 Å². The predicted molar refractivity (Wildman–Crippen MR) is 122 cm³/mol. The van der Waals surface area contributed by atoms with Crippen molar-refractivity contribution in [3.05, 3.63) is 71.0 Å². The summed E-state index contributed by atoms with van der Waals surface area (Å²) >= 11 is 0. The molecule has 0 fully saturated rings. The van der Waals surface area contributed by atoms with Crippen LogP contribution in [-0.2, 0) is 19.5 Å². The Kier molecular flexibility index (Phi) is 11.0. The van der Waals surface area contributed by atoms with Crippen LogP contribution >= 0.6 is 24.0 Å². The summed E-state index contributed by atoms with van der Waals surface area (Å²) in [6.45, 7) is 5.14. The van der Waals surface area contributed by atoms with Crippen molar-refractivity contribution < 1.29 is 4.39 Å². The molecule has 4 nitrogen and oxygen atoms in total. The van der Waals surface area contributed by atoms with Crippen molar-refractivity contribution in [3.8, 4) is 0 Å². The van der Waals surface area contributed by atoms with Crippen LogP contribution in [0, 0.1) is 5.82 Å². The van der Waals surface area contributed by atoms with E-state index < -0.39 is 0 Å². The van der Waals surface area contributed by atoms with Crippen LogP contribution in [0.15, 0.2) is 53.5 Å². The van der Waals surface area contributed by atoms with Crippen molar-refractivity contribution in [2.24, 2.45) is 4.99 Å². The number of guanidine groups is 1. The van der Waals surface area contributed by atoms with Gasteiger partial charge in [-0.05, 0) is 56.3 Å². The topological polar surface area (TPSA) is 39.7 Å². The van der Waals surface area contributed by atoms with E-state index in [2.05, 4.69) is 60.8 Å². The quantitative estimate of drug-likeness (QED) is 0.340. The van der Waals surface area contributed by atoms with E-state index >= 15 is 0 Å². The minimum atomic E-state index is -0.201. The second kappa shape index (κ2) is 12.7. The van der Waals surface area contributed by atoms with Crippen LogP contribution in [0.25, 0.3) is 0 Å². The highest BCUT2D eigenvalue weighted by Gasteiger charge is 2.04. The summed E-state index contributed by atoms with van der Waals surface area (Å²) in [6, 6.07) is 15.0. The molecule has 2 aromatic carbocycles. The Morgan fingerprint density at radius 3 is 2.30 bits per heavy atom.